The topological polar surface area (TPSA) is 80.7 Å². The molecule has 5 nitrogen and oxygen atoms in total. The summed E-state index contributed by atoms with van der Waals surface area (Å²) in [6, 6.07) is 4.23. The second-order valence-corrected chi connectivity index (χ2v) is 3.60. The average molecular weight is 250 g/mol. The predicted molar refractivity (Wildman–Crippen MR) is 63.7 cm³/mol. The van der Waals surface area contributed by atoms with Crippen LogP contribution in [-0.4, -0.2) is 29.9 Å². The molecular formula is C13H14O5. The zero-order chi connectivity index (χ0) is 13.5. The molecule has 0 unspecified atom stereocenters. The van der Waals surface area contributed by atoms with Gasteiger partial charge >= 0.3 is 11.9 Å². The third-order valence-electron chi connectivity index (χ3n) is 2.38. The van der Waals surface area contributed by atoms with Gasteiger partial charge in [-0.15, -0.1) is 0 Å². The van der Waals surface area contributed by atoms with Crippen molar-refractivity contribution in [3.05, 3.63) is 34.9 Å². The van der Waals surface area contributed by atoms with E-state index in [1.807, 2.05) is 0 Å². The first-order valence-electron chi connectivity index (χ1n) is 5.57. The zero-order valence-electron chi connectivity index (χ0n) is 10.0. The molecule has 1 aromatic rings. The van der Waals surface area contributed by atoms with Gasteiger partial charge in [-0.1, -0.05) is 0 Å². The smallest absolute Gasteiger partial charge is 0.338 e. The number of benzene rings is 1. The molecule has 1 N–H and O–H groups in total. The first kappa shape index (κ1) is 13.9. The van der Waals surface area contributed by atoms with Crippen LogP contribution in [0.15, 0.2) is 18.2 Å². The van der Waals surface area contributed by atoms with E-state index in [1.54, 1.807) is 6.92 Å². The number of hydrogen-bond acceptors (Lipinski definition) is 4. The van der Waals surface area contributed by atoms with Crippen LogP contribution in [0.2, 0.25) is 0 Å². The van der Waals surface area contributed by atoms with E-state index in [0.29, 0.717) is 23.8 Å². The highest BCUT2D eigenvalue weighted by Crippen LogP contribution is 2.15. The van der Waals surface area contributed by atoms with E-state index in [1.165, 1.54) is 18.2 Å². The summed E-state index contributed by atoms with van der Waals surface area (Å²) in [5.74, 6) is -1.58. The SMILES string of the molecule is CCOC(=O)c1ccc(C(=O)O)c(CCC=O)c1. The van der Waals surface area contributed by atoms with Crippen LogP contribution >= 0.6 is 0 Å². The number of carboxylic acid groups (broad SMARTS) is 1. The van der Waals surface area contributed by atoms with Crippen molar-refractivity contribution in [1.82, 2.24) is 0 Å². The molecule has 0 fully saturated rings. The van der Waals surface area contributed by atoms with Crippen LogP contribution in [0.3, 0.4) is 0 Å². The molecule has 0 heterocycles. The number of rotatable bonds is 6. The molecule has 0 aliphatic carbocycles. The van der Waals surface area contributed by atoms with Crippen molar-refractivity contribution in [1.29, 1.82) is 0 Å². The summed E-state index contributed by atoms with van der Waals surface area (Å²) in [5.41, 5.74) is 0.854. The van der Waals surface area contributed by atoms with E-state index >= 15 is 0 Å². The molecular weight excluding hydrogens is 236 g/mol. The third kappa shape index (κ3) is 3.41. The molecule has 0 bridgehead atoms. The molecule has 0 atom stereocenters. The summed E-state index contributed by atoms with van der Waals surface area (Å²) in [5, 5.41) is 8.99. The van der Waals surface area contributed by atoms with Gasteiger partial charge in [0.1, 0.15) is 6.29 Å². The summed E-state index contributed by atoms with van der Waals surface area (Å²) in [6.45, 7) is 1.94. The highest BCUT2D eigenvalue weighted by Gasteiger charge is 2.14. The van der Waals surface area contributed by atoms with Crippen molar-refractivity contribution in [2.75, 3.05) is 6.61 Å². The molecule has 1 aromatic carbocycles. The lowest BCUT2D eigenvalue weighted by Crippen LogP contribution is -2.09. The van der Waals surface area contributed by atoms with Crippen molar-refractivity contribution in [3.8, 4) is 0 Å². The second kappa shape index (κ2) is 6.54. The number of carbonyl (C=O) groups is 3. The Balaban J connectivity index is 3.07. The number of aldehydes is 1. The van der Waals surface area contributed by atoms with Gasteiger partial charge in [0.05, 0.1) is 17.7 Å². The van der Waals surface area contributed by atoms with Gasteiger partial charge in [-0.2, -0.15) is 0 Å². The molecule has 5 heteroatoms. The van der Waals surface area contributed by atoms with Gasteiger partial charge in [0, 0.05) is 6.42 Å². The fraction of sp³-hybridized carbons (Fsp3) is 0.308. The van der Waals surface area contributed by atoms with E-state index in [4.69, 9.17) is 9.84 Å². The number of carbonyl (C=O) groups excluding carboxylic acids is 2. The van der Waals surface area contributed by atoms with E-state index < -0.39 is 11.9 Å². The van der Waals surface area contributed by atoms with Crippen LogP contribution in [-0.2, 0) is 16.0 Å². The molecule has 0 amide bonds. The third-order valence-corrected chi connectivity index (χ3v) is 2.38. The normalized spacial score (nSPS) is 9.83. The van der Waals surface area contributed by atoms with Crippen molar-refractivity contribution in [3.63, 3.8) is 0 Å². The number of esters is 1. The Labute approximate surface area is 104 Å². The Morgan fingerprint density at radius 3 is 2.67 bits per heavy atom. The molecule has 0 aliphatic rings. The Morgan fingerprint density at radius 1 is 1.39 bits per heavy atom. The van der Waals surface area contributed by atoms with Crippen molar-refractivity contribution < 1.29 is 24.2 Å². The zero-order valence-corrected chi connectivity index (χ0v) is 10.0. The first-order chi connectivity index (χ1) is 8.60. The van der Waals surface area contributed by atoms with Crippen LogP contribution in [0.1, 0.15) is 39.6 Å². The van der Waals surface area contributed by atoms with Gasteiger partial charge in [0.2, 0.25) is 0 Å². The van der Waals surface area contributed by atoms with Gasteiger partial charge in [0.25, 0.3) is 0 Å². The number of ether oxygens (including phenoxy) is 1. The molecule has 0 saturated heterocycles. The largest absolute Gasteiger partial charge is 0.478 e. The Bertz CT molecular complexity index is 464. The van der Waals surface area contributed by atoms with Crippen LogP contribution in [0.5, 0.6) is 0 Å². The highest BCUT2D eigenvalue weighted by molar-refractivity contribution is 5.94. The van der Waals surface area contributed by atoms with Crippen LogP contribution in [0.4, 0.5) is 0 Å². The fourth-order valence-corrected chi connectivity index (χ4v) is 1.57. The van der Waals surface area contributed by atoms with Crippen molar-refractivity contribution >= 4 is 18.2 Å². The average Bonchev–Trinajstić information content (AvgIpc) is 2.36. The summed E-state index contributed by atoms with van der Waals surface area (Å²) < 4.78 is 4.83. The summed E-state index contributed by atoms with van der Waals surface area (Å²) in [6.07, 6.45) is 1.22. The minimum Gasteiger partial charge on any atom is -0.478 e. The van der Waals surface area contributed by atoms with Crippen LogP contribution in [0, 0.1) is 0 Å². The first-order valence-corrected chi connectivity index (χ1v) is 5.57. The Morgan fingerprint density at radius 2 is 2.11 bits per heavy atom. The molecule has 0 aromatic heterocycles. The van der Waals surface area contributed by atoms with Gasteiger partial charge < -0.3 is 14.6 Å². The maximum Gasteiger partial charge on any atom is 0.338 e. The maximum absolute atomic E-state index is 11.5. The minimum absolute atomic E-state index is 0.102. The molecule has 0 radical (unpaired) electrons. The van der Waals surface area contributed by atoms with Crippen LogP contribution in [0.25, 0.3) is 0 Å². The van der Waals surface area contributed by atoms with E-state index in [0.717, 1.165) is 0 Å². The molecule has 0 spiro atoms. The van der Waals surface area contributed by atoms with E-state index in [-0.39, 0.29) is 18.6 Å². The Kier molecular flexibility index (Phi) is 5.05. The monoisotopic (exact) mass is 250 g/mol. The lowest BCUT2D eigenvalue weighted by atomic mass is 10.00. The van der Waals surface area contributed by atoms with Gasteiger partial charge in [0.15, 0.2) is 0 Å². The number of aromatic carboxylic acids is 1. The predicted octanol–water partition coefficient (Wildman–Crippen LogP) is 1.69. The van der Waals surface area contributed by atoms with Crippen molar-refractivity contribution in [2.24, 2.45) is 0 Å². The summed E-state index contributed by atoms with van der Waals surface area (Å²) in [4.78, 5) is 32.8. The fourth-order valence-electron chi connectivity index (χ4n) is 1.57. The Hall–Kier alpha value is -2.17. The molecule has 18 heavy (non-hydrogen) atoms. The van der Waals surface area contributed by atoms with Crippen molar-refractivity contribution in [2.45, 2.75) is 19.8 Å². The van der Waals surface area contributed by atoms with Gasteiger partial charge in [-0.05, 0) is 37.1 Å². The summed E-state index contributed by atoms with van der Waals surface area (Å²) >= 11 is 0. The number of hydrogen-bond donors (Lipinski definition) is 1. The molecule has 0 aliphatic heterocycles. The van der Waals surface area contributed by atoms with E-state index in [2.05, 4.69) is 0 Å². The van der Waals surface area contributed by atoms with Crippen LogP contribution < -0.4 is 0 Å². The maximum atomic E-state index is 11.5. The highest BCUT2D eigenvalue weighted by atomic mass is 16.5. The number of carboxylic acids is 1. The van der Waals surface area contributed by atoms with E-state index in [9.17, 15) is 14.4 Å². The number of aryl methyl sites for hydroxylation is 1. The molecule has 0 saturated carbocycles. The lowest BCUT2D eigenvalue weighted by molar-refractivity contribution is -0.107. The van der Waals surface area contributed by atoms with Gasteiger partial charge in [-0.3, -0.25) is 0 Å². The standard InChI is InChI=1S/C13H14O5/c1-2-18-13(17)10-5-6-11(12(15)16)9(8-10)4-3-7-14/h5-8H,2-4H2,1H3,(H,15,16). The molecule has 1 rings (SSSR count). The second-order valence-electron chi connectivity index (χ2n) is 3.60. The minimum atomic E-state index is -1.08. The summed E-state index contributed by atoms with van der Waals surface area (Å²) in [7, 11) is 0. The lowest BCUT2D eigenvalue weighted by Gasteiger charge is -2.07. The van der Waals surface area contributed by atoms with Gasteiger partial charge in [-0.25, -0.2) is 9.59 Å². The quantitative estimate of drug-likeness (QED) is 0.613. The molecule has 96 valence electrons.